The molecule has 1 aromatic rings. The van der Waals surface area contributed by atoms with Crippen LogP contribution in [-0.4, -0.2) is 19.3 Å². The topological polar surface area (TPSA) is 21.3 Å². The Kier molecular flexibility index (Phi) is 4.54. The van der Waals surface area contributed by atoms with E-state index in [4.69, 9.17) is 11.2 Å². The number of methoxy groups -OCH3 is 1. The molecule has 0 saturated carbocycles. The van der Waals surface area contributed by atoms with Gasteiger partial charge in [-0.05, 0) is 19.4 Å². The zero-order valence-corrected chi connectivity index (χ0v) is 10.2. The highest BCUT2D eigenvalue weighted by atomic mass is 16.5. The van der Waals surface area contributed by atoms with E-state index < -0.39 is 0 Å². The SMILES string of the molecule is C#CC(C)(C)NC(COC)c1ccccc1. The molecule has 1 unspecified atom stereocenters. The summed E-state index contributed by atoms with van der Waals surface area (Å²) < 4.78 is 5.22. The van der Waals surface area contributed by atoms with Crippen LogP contribution < -0.4 is 5.32 Å². The molecule has 2 heteroatoms. The number of terminal acetylenes is 1. The first-order chi connectivity index (χ1) is 7.59. The van der Waals surface area contributed by atoms with Gasteiger partial charge in [0.25, 0.3) is 0 Å². The Morgan fingerprint density at radius 2 is 2.00 bits per heavy atom. The molecule has 0 aliphatic carbocycles. The highest BCUT2D eigenvalue weighted by Crippen LogP contribution is 2.16. The van der Waals surface area contributed by atoms with Gasteiger partial charge in [-0.1, -0.05) is 36.3 Å². The molecule has 0 fully saturated rings. The molecule has 0 radical (unpaired) electrons. The average Bonchev–Trinajstić information content (AvgIpc) is 2.29. The monoisotopic (exact) mass is 217 g/mol. The van der Waals surface area contributed by atoms with E-state index in [0.717, 1.165) is 0 Å². The lowest BCUT2D eigenvalue weighted by Gasteiger charge is -2.27. The lowest BCUT2D eigenvalue weighted by atomic mass is 10.0. The Morgan fingerprint density at radius 1 is 1.38 bits per heavy atom. The molecular formula is C14H19NO. The summed E-state index contributed by atoms with van der Waals surface area (Å²) in [5.41, 5.74) is 0.853. The lowest BCUT2D eigenvalue weighted by Crippen LogP contribution is -2.41. The molecule has 0 aliphatic rings. The Bertz CT molecular complexity index is 351. The van der Waals surface area contributed by atoms with Gasteiger partial charge < -0.3 is 4.74 Å². The van der Waals surface area contributed by atoms with Crippen LogP contribution in [0.2, 0.25) is 0 Å². The van der Waals surface area contributed by atoms with E-state index >= 15 is 0 Å². The van der Waals surface area contributed by atoms with Crippen molar-refractivity contribution in [3.63, 3.8) is 0 Å². The van der Waals surface area contributed by atoms with Crippen molar-refractivity contribution in [3.05, 3.63) is 35.9 Å². The summed E-state index contributed by atoms with van der Waals surface area (Å²) in [6, 6.07) is 10.3. The summed E-state index contributed by atoms with van der Waals surface area (Å²) in [7, 11) is 1.69. The summed E-state index contributed by atoms with van der Waals surface area (Å²) in [6.45, 7) is 4.58. The van der Waals surface area contributed by atoms with E-state index in [1.807, 2.05) is 32.0 Å². The van der Waals surface area contributed by atoms with Crippen LogP contribution in [0, 0.1) is 12.3 Å². The summed E-state index contributed by atoms with van der Waals surface area (Å²) in [5.74, 6) is 2.73. The van der Waals surface area contributed by atoms with Crippen LogP contribution in [-0.2, 0) is 4.74 Å². The summed E-state index contributed by atoms with van der Waals surface area (Å²) in [4.78, 5) is 0. The molecule has 0 saturated heterocycles. The third-order valence-corrected chi connectivity index (χ3v) is 2.43. The van der Waals surface area contributed by atoms with Gasteiger partial charge >= 0.3 is 0 Å². The van der Waals surface area contributed by atoms with Gasteiger partial charge in [0.05, 0.1) is 18.2 Å². The molecule has 1 rings (SSSR count). The molecule has 16 heavy (non-hydrogen) atoms. The second-order valence-corrected chi connectivity index (χ2v) is 4.33. The fourth-order valence-corrected chi connectivity index (χ4v) is 1.55. The number of ether oxygens (including phenoxy) is 1. The van der Waals surface area contributed by atoms with Crippen molar-refractivity contribution in [2.24, 2.45) is 0 Å². The van der Waals surface area contributed by atoms with Gasteiger partial charge in [-0.3, -0.25) is 5.32 Å². The van der Waals surface area contributed by atoms with Crippen molar-refractivity contribution in [2.45, 2.75) is 25.4 Å². The van der Waals surface area contributed by atoms with Crippen molar-refractivity contribution in [2.75, 3.05) is 13.7 Å². The highest BCUT2D eigenvalue weighted by molar-refractivity contribution is 5.21. The van der Waals surface area contributed by atoms with Crippen molar-refractivity contribution < 1.29 is 4.74 Å². The van der Waals surface area contributed by atoms with E-state index in [9.17, 15) is 0 Å². The zero-order valence-electron chi connectivity index (χ0n) is 10.2. The molecule has 0 aromatic heterocycles. The van der Waals surface area contributed by atoms with Crippen LogP contribution in [0.1, 0.15) is 25.5 Å². The maximum absolute atomic E-state index is 5.48. The minimum absolute atomic E-state index is 0.122. The van der Waals surface area contributed by atoms with Gasteiger partial charge in [-0.15, -0.1) is 6.42 Å². The van der Waals surface area contributed by atoms with E-state index in [2.05, 4.69) is 23.4 Å². The third-order valence-electron chi connectivity index (χ3n) is 2.43. The first kappa shape index (κ1) is 12.8. The van der Waals surface area contributed by atoms with E-state index in [1.165, 1.54) is 5.56 Å². The zero-order chi connectivity index (χ0) is 12.0. The molecule has 2 nitrogen and oxygen atoms in total. The van der Waals surface area contributed by atoms with Crippen molar-refractivity contribution >= 4 is 0 Å². The second-order valence-electron chi connectivity index (χ2n) is 4.33. The molecule has 1 N–H and O–H groups in total. The predicted octanol–water partition coefficient (Wildman–Crippen LogP) is 2.38. The highest BCUT2D eigenvalue weighted by Gasteiger charge is 2.20. The predicted molar refractivity (Wildman–Crippen MR) is 67.1 cm³/mol. The molecule has 1 aromatic carbocycles. The molecule has 0 bridgehead atoms. The average molecular weight is 217 g/mol. The summed E-state index contributed by atoms with van der Waals surface area (Å²) in [5, 5.41) is 3.40. The number of rotatable bonds is 5. The molecule has 0 aliphatic heterocycles. The van der Waals surface area contributed by atoms with Gasteiger partial charge in [0.15, 0.2) is 0 Å². The van der Waals surface area contributed by atoms with Gasteiger partial charge in [0.2, 0.25) is 0 Å². The van der Waals surface area contributed by atoms with Crippen LogP contribution in [0.4, 0.5) is 0 Å². The normalized spacial score (nSPS) is 13.1. The van der Waals surface area contributed by atoms with Gasteiger partial charge in [0, 0.05) is 7.11 Å². The fourth-order valence-electron chi connectivity index (χ4n) is 1.55. The Hall–Kier alpha value is -1.30. The number of nitrogens with one attached hydrogen (secondary N) is 1. The Balaban J connectivity index is 2.81. The molecule has 1 atom stereocenters. The smallest absolute Gasteiger partial charge is 0.0746 e. The molecular weight excluding hydrogens is 198 g/mol. The first-order valence-electron chi connectivity index (χ1n) is 5.38. The standard InChI is InChI=1S/C14H19NO/c1-5-14(2,3)15-13(11-16-4)12-9-7-6-8-10-12/h1,6-10,13,15H,11H2,2-4H3. The molecule has 86 valence electrons. The van der Waals surface area contributed by atoms with Crippen LogP contribution in [0.15, 0.2) is 30.3 Å². The van der Waals surface area contributed by atoms with Crippen molar-refractivity contribution in [3.8, 4) is 12.3 Å². The van der Waals surface area contributed by atoms with Crippen LogP contribution in [0.5, 0.6) is 0 Å². The first-order valence-corrected chi connectivity index (χ1v) is 5.38. The van der Waals surface area contributed by atoms with Crippen LogP contribution >= 0.6 is 0 Å². The molecule has 0 spiro atoms. The summed E-state index contributed by atoms with van der Waals surface area (Å²) >= 11 is 0. The third kappa shape index (κ3) is 3.69. The van der Waals surface area contributed by atoms with Crippen molar-refractivity contribution in [1.82, 2.24) is 5.32 Å². The maximum Gasteiger partial charge on any atom is 0.0746 e. The number of hydrogen-bond donors (Lipinski definition) is 1. The van der Waals surface area contributed by atoms with Gasteiger partial charge in [-0.25, -0.2) is 0 Å². The Labute approximate surface area is 98.0 Å². The molecule has 0 amide bonds. The number of hydrogen-bond acceptors (Lipinski definition) is 2. The fraction of sp³-hybridized carbons (Fsp3) is 0.429. The second kappa shape index (κ2) is 5.69. The molecule has 0 heterocycles. The van der Waals surface area contributed by atoms with Gasteiger partial charge in [-0.2, -0.15) is 0 Å². The lowest BCUT2D eigenvalue weighted by molar-refractivity contribution is 0.158. The largest absolute Gasteiger partial charge is 0.383 e. The quantitative estimate of drug-likeness (QED) is 0.765. The summed E-state index contributed by atoms with van der Waals surface area (Å²) in [6.07, 6.45) is 5.48. The van der Waals surface area contributed by atoms with Gasteiger partial charge in [0.1, 0.15) is 0 Å². The Morgan fingerprint density at radius 3 is 2.50 bits per heavy atom. The maximum atomic E-state index is 5.48. The van der Waals surface area contributed by atoms with Crippen LogP contribution in [0.25, 0.3) is 0 Å². The number of benzene rings is 1. The van der Waals surface area contributed by atoms with E-state index in [-0.39, 0.29) is 11.6 Å². The minimum atomic E-state index is -0.334. The van der Waals surface area contributed by atoms with E-state index in [1.54, 1.807) is 7.11 Å². The van der Waals surface area contributed by atoms with Crippen LogP contribution in [0.3, 0.4) is 0 Å². The van der Waals surface area contributed by atoms with E-state index in [0.29, 0.717) is 6.61 Å². The van der Waals surface area contributed by atoms with Crippen molar-refractivity contribution in [1.29, 1.82) is 0 Å². The minimum Gasteiger partial charge on any atom is -0.383 e.